The predicted molar refractivity (Wildman–Crippen MR) is 64.9 cm³/mol. The lowest BCUT2D eigenvalue weighted by Crippen LogP contribution is -2.43. The molecule has 15 heavy (non-hydrogen) atoms. The second kappa shape index (κ2) is 5.66. The number of nitrogens with one attached hydrogen (secondary N) is 1. The van der Waals surface area contributed by atoms with Crippen LogP contribution in [0.1, 0.15) is 46.0 Å². The minimum atomic E-state index is -0.458. The van der Waals surface area contributed by atoms with E-state index in [1.54, 1.807) is 0 Å². The first-order valence-electron chi connectivity index (χ1n) is 6.15. The molecule has 0 bridgehead atoms. The minimum absolute atomic E-state index is 0.458. The minimum Gasteiger partial charge on any atom is -0.389 e. The molecule has 0 saturated heterocycles. The summed E-state index contributed by atoms with van der Waals surface area (Å²) < 4.78 is 0. The fourth-order valence-corrected chi connectivity index (χ4v) is 2.07. The molecular formula is C13H25NO. The van der Waals surface area contributed by atoms with Crippen LogP contribution in [0.3, 0.4) is 0 Å². The van der Waals surface area contributed by atoms with Gasteiger partial charge in [0, 0.05) is 13.1 Å². The number of hydrogen-bond donors (Lipinski definition) is 2. The van der Waals surface area contributed by atoms with Gasteiger partial charge in [0.2, 0.25) is 0 Å². The molecule has 1 rings (SSSR count). The summed E-state index contributed by atoms with van der Waals surface area (Å²) >= 11 is 0. The summed E-state index contributed by atoms with van der Waals surface area (Å²) in [6.07, 6.45) is 5.22. The normalized spacial score (nSPS) is 31.5. The van der Waals surface area contributed by atoms with E-state index in [1.807, 2.05) is 0 Å². The van der Waals surface area contributed by atoms with E-state index in [2.05, 4.69) is 25.7 Å². The van der Waals surface area contributed by atoms with Crippen LogP contribution in [0, 0.1) is 5.92 Å². The lowest BCUT2D eigenvalue weighted by atomic mass is 9.79. The Morgan fingerprint density at radius 1 is 1.47 bits per heavy atom. The molecule has 1 fully saturated rings. The first-order chi connectivity index (χ1) is 7.06. The van der Waals surface area contributed by atoms with Crippen molar-refractivity contribution in [1.29, 1.82) is 0 Å². The third-order valence-electron chi connectivity index (χ3n) is 3.53. The van der Waals surface area contributed by atoms with Gasteiger partial charge in [-0.1, -0.05) is 26.0 Å². The number of hydrogen-bond acceptors (Lipinski definition) is 2. The fraction of sp³-hybridized carbons (Fsp3) is 0.846. The van der Waals surface area contributed by atoms with E-state index in [0.717, 1.165) is 51.1 Å². The largest absolute Gasteiger partial charge is 0.389 e. The average Bonchev–Trinajstić information content (AvgIpc) is 2.23. The van der Waals surface area contributed by atoms with Gasteiger partial charge in [-0.2, -0.15) is 0 Å². The van der Waals surface area contributed by atoms with Crippen molar-refractivity contribution in [1.82, 2.24) is 5.32 Å². The van der Waals surface area contributed by atoms with Crippen LogP contribution in [0.25, 0.3) is 0 Å². The highest BCUT2D eigenvalue weighted by molar-refractivity contribution is 4.96. The van der Waals surface area contributed by atoms with E-state index in [9.17, 15) is 5.11 Å². The van der Waals surface area contributed by atoms with E-state index in [4.69, 9.17) is 0 Å². The summed E-state index contributed by atoms with van der Waals surface area (Å²) in [5.41, 5.74) is 0.753. The average molecular weight is 211 g/mol. The van der Waals surface area contributed by atoms with Crippen molar-refractivity contribution in [3.8, 4) is 0 Å². The fourth-order valence-electron chi connectivity index (χ4n) is 2.07. The maximum atomic E-state index is 10.3. The molecule has 88 valence electrons. The van der Waals surface area contributed by atoms with Crippen molar-refractivity contribution in [2.24, 2.45) is 5.92 Å². The van der Waals surface area contributed by atoms with E-state index >= 15 is 0 Å². The Labute approximate surface area is 93.8 Å². The smallest absolute Gasteiger partial charge is 0.0771 e. The van der Waals surface area contributed by atoms with Gasteiger partial charge in [0.15, 0.2) is 0 Å². The lowest BCUT2D eigenvalue weighted by molar-refractivity contribution is -0.00543. The number of aliphatic hydroxyl groups is 1. The Kier molecular flexibility index (Phi) is 4.81. The Hall–Kier alpha value is -0.340. The van der Waals surface area contributed by atoms with Crippen LogP contribution in [-0.2, 0) is 0 Å². The molecule has 0 heterocycles. The van der Waals surface area contributed by atoms with Crippen LogP contribution < -0.4 is 5.32 Å². The Morgan fingerprint density at radius 2 is 2.07 bits per heavy atom. The topological polar surface area (TPSA) is 32.3 Å². The Morgan fingerprint density at radius 3 is 2.60 bits per heavy atom. The van der Waals surface area contributed by atoms with Gasteiger partial charge < -0.3 is 10.4 Å². The molecule has 0 atom stereocenters. The molecular weight excluding hydrogens is 186 g/mol. The predicted octanol–water partition coefficient (Wildman–Crippen LogP) is 2.48. The summed E-state index contributed by atoms with van der Waals surface area (Å²) in [5, 5.41) is 13.6. The third kappa shape index (κ3) is 4.35. The molecule has 1 aliphatic rings. The molecule has 0 aromatic rings. The Bertz CT molecular complexity index is 205. The highest BCUT2D eigenvalue weighted by atomic mass is 16.3. The summed E-state index contributed by atoms with van der Waals surface area (Å²) in [6, 6.07) is 0. The van der Waals surface area contributed by atoms with E-state index in [1.165, 1.54) is 5.57 Å². The highest BCUT2D eigenvalue weighted by Gasteiger charge is 2.31. The molecule has 0 radical (unpaired) electrons. The van der Waals surface area contributed by atoms with Crippen molar-refractivity contribution in [2.75, 3.05) is 13.1 Å². The summed E-state index contributed by atoms with van der Waals surface area (Å²) in [5.74, 6) is 0.788. The van der Waals surface area contributed by atoms with Gasteiger partial charge in [0.25, 0.3) is 0 Å². The summed E-state index contributed by atoms with van der Waals surface area (Å²) in [4.78, 5) is 0. The third-order valence-corrected chi connectivity index (χ3v) is 3.53. The maximum absolute atomic E-state index is 10.3. The van der Waals surface area contributed by atoms with E-state index < -0.39 is 5.60 Å². The molecule has 2 heteroatoms. The van der Waals surface area contributed by atoms with Gasteiger partial charge in [0.05, 0.1) is 5.60 Å². The molecule has 2 N–H and O–H groups in total. The second-order valence-electron chi connectivity index (χ2n) is 5.11. The van der Waals surface area contributed by atoms with Crippen molar-refractivity contribution in [3.05, 3.63) is 12.2 Å². The van der Waals surface area contributed by atoms with Gasteiger partial charge in [-0.15, -0.1) is 0 Å². The maximum Gasteiger partial charge on any atom is 0.0771 e. The zero-order valence-corrected chi connectivity index (χ0v) is 10.2. The molecule has 1 saturated carbocycles. The zero-order chi connectivity index (χ0) is 11.3. The summed E-state index contributed by atoms with van der Waals surface area (Å²) in [7, 11) is 0. The zero-order valence-electron chi connectivity index (χ0n) is 10.2. The van der Waals surface area contributed by atoms with Crippen molar-refractivity contribution in [2.45, 2.75) is 51.6 Å². The van der Waals surface area contributed by atoms with Gasteiger partial charge in [-0.05, 0) is 38.0 Å². The first-order valence-corrected chi connectivity index (χ1v) is 6.15. The van der Waals surface area contributed by atoms with E-state index in [-0.39, 0.29) is 0 Å². The molecule has 0 spiro atoms. The monoisotopic (exact) mass is 211 g/mol. The molecule has 2 nitrogen and oxygen atoms in total. The van der Waals surface area contributed by atoms with Crippen LogP contribution in [0.5, 0.6) is 0 Å². The molecule has 0 unspecified atom stereocenters. The SMILES string of the molecule is C=C(CC)CNCC1(O)CCC(C)CC1. The van der Waals surface area contributed by atoms with Crippen LogP contribution in [0.15, 0.2) is 12.2 Å². The molecule has 1 aliphatic carbocycles. The van der Waals surface area contributed by atoms with Crippen LogP contribution in [0.2, 0.25) is 0 Å². The van der Waals surface area contributed by atoms with Gasteiger partial charge in [0.1, 0.15) is 0 Å². The van der Waals surface area contributed by atoms with Gasteiger partial charge in [-0.25, -0.2) is 0 Å². The molecule has 0 aromatic carbocycles. The molecule has 0 aromatic heterocycles. The molecule has 0 aliphatic heterocycles. The van der Waals surface area contributed by atoms with E-state index in [0.29, 0.717) is 0 Å². The number of rotatable bonds is 5. The lowest BCUT2D eigenvalue weighted by Gasteiger charge is -2.35. The standard InChI is InChI=1S/C13H25NO/c1-4-11(2)9-14-10-13(15)7-5-12(3)6-8-13/h12,14-15H,2,4-10H2,1,3H3. The first kappa shape index (κ1) is 12.7. The second-order valence-corrected chi connectivity index (χ2v) is 5.11. The van der Waals surface area contributed by atoms with Crippen molar-refractivity contribution >= 4 is 0 Å². The van der Waals surface area contributed by atoms with Crippen LogP contribution in [0.4, 0.5) is 0 Å². The molecule has 0 amide bonds. The quantitative estimate of drug-likeness (QED) is 0.685. The van der Waals surface area contributed by atoms with Crippen LogP contribution >= 0.6 is 0 Å². The highest BCUT2D eigenvalue weighted by Crippen LogP contribution is 2.31. The van der Waals surface area contributed by atoms with Gasteiger partial charge >= 0.3 is 0 Å². The van der Waals surface area contributed by atoms with Crippen molar-refractivity contribution in [3.63, 3.8) is 0 Å². The summed E-state index contributed by atoms with van der Waals surface area (Å²) in [6.45, 7) is 9.89. The Balaban J connectivity index is 2.22. The van der Waals surface area contributed by atoms with Crippen LogP contribution in [-0.4, -0.2) is 23.8 Å². The van der Waals surface area contributed by atoms with Crippen molar-refractivity contribution < 1.29 is 5.11 Å². The van der Waals surface area contributed by atoms with Gasteiger partial charge in [-0.3, -0.25) is 0 Å².